The van der Waals surface area contributed by atoms with Crippen LogP contribution in [0.3, 0.4) is 0 Å². The SMILES string of the molecule is CN1CCC[C@@H]1COc1ccccc1CC(=O)NN. The molecule has 2 rings (SSSR count). The predicted octanol–water partition coefficient (Wildman–Crippen LogP) is 0.692. The van der Waals surface area contributed by atoms with E-state index in [4.69, 9.17) is 10.6 Å². The topological polar surface area (TPSA) is 67.6 Å². The van der Waals surface area contributed by atoms with Crippen molar-refractivity contribution >= 4 is 5.91 Å². The molecule has 0 unspecified atom stereocenters. The van der Waals surface area contributed by atoms with Gasteiger partial charge in [0.1, 0.15) is 12.4 Å². The van der Waals surface area contributed by atoms with Crippen LogP contribution in [0.1, 0.15) is 18.4 Å². The minimum absolute atomic E-state index is 0.214. The van der Waals surface area contributed by atoms with Gasteiger partial charge in [-0.3, -0.25) is 10.2 Å². The summed E-state index contributed by atoms with van der Waals surface area (Å²) in [5, 5.41) is 0. The van der Waals surface area contributed by atoms with E-state index >= 15 is 0 Å². The first-order valence-electron chi connectivity index (χ1n) is 6.61. The molecule has 1 aliphatic rings. The minimum atomic E-state index is -0.214. The van der Waals surface area contributed by atoms with Gasteiger partial charge < -0.3 is 9.64 Å². The smallest absolute Gasteiger partial charge is 0.238 e. The van der Waals surface area contributed by atoms with Crippen LogP contribution in [0.25, 0.3) is 0 Å². The third-order valence-corrected chi connectivity index (χ3v) is 3.59. The fourth-order valence-corrected chi connectivity index (χ4v) is 2.39. The van der Waals surface area contributed by atoms with Crippen LogP contribution >= 0.6 is 0 Å². The maximum atomic E-state index is 11.3. The van der Waals surface area contributed by atoms with Gasteiger partial charge in [-0.25, -0.2) is 5.84 Å². The number of nitrogens with one attached hydrogen (secondary N) is 1. The number of hydrazine groups is 1. The van der Waals surface area contributed by atoms with Gasteiger partial charge in [-0.2, -0.15) is 0 Å². The van der Waals surface area contributed by atoms with Gasteiger partial charge in [-0.15, -0.1) is 0 Å². The number of likely N-dealkylation sites (N-methyl/N-ethyl adjacent to an activating group) is 1. The van der Waals surface area contributed by atoms with E-state index in [9.17, 15) is 4.79 Å². The van der Waals surface area contributed by atoms with Crippen LogP contribution in [-0.4, -0.2) is 37.0 Å². The molecule has 3 N–H and O–H groups in total. The molecule has 0 radical (unpaired) electrons. The van der Waals surface area contributed by atoms with Gasteiger partial charge in [0.05, 0.1) is 6.42 Å². The molecular weight excluding hydrogens is 242 g/mol. The molecule has 0 saturated carbocycles. The van der Waals surface area contributed by atoms with Crippen molar-refractivity contribution in [2.45, 2.75) is 25.3 Å². The van der Waals surface area contributed by atoms with Crippen molar-refractivity contribution < 1.29 is 9.53 Å². The number of rotatable bonds is 5. The van der Waals surface area contributed by atoms with Crippen LogP contribution in [0.2, 0.25) is 0 Å². The molecule has 0 spiro atoms. The lowest BCUT2D eigenvalue weighted by Gasteiger charge is -2.20. The van der Waals surface area contributed by atoms with Gasteiger partial charge in [0, 0.05) is 11.6 Å². The summed E-state index contributed by atoms with van der Waals surface area (Å²) < 4.78 is 5.87. The number of ether oxygens (including phenoxy) is 1. The molecule has 5 heteroatoms. The molecule has 1 heterocycles. The second-order valence-corrected chi connectivity index (χ2v) is 4.94. The van der Waals surface area contributed by atoms with Gasteiger partial charge in [0.2, 0.25) is 5.91 Å². The summed E-state index contributed by atoms with van der Waals surface area (Å²) in [7, 11) is 2.12. The van der Waals surface area contributed by atoms with Crippen molar-refractivity contribution in [1.82, 2.24) is 10.3 Å². The van der Waals surface area contributed by atoms with Crippen LogP contribution in [0.4, 0.5) is 0 Å². The molecule has 1 aromatic rings. The molecule has 104 valence electrons. The Bertz CT molecular complexity index is 436. The second kappa shape index (κ2) is 6.54. The number of para-hydroxylation sites is 1. The number of likely N-dealkylation sites (tertiary alicyclic amines) is 1. The van der Waals surface area contributed by atoms with Gasteiger partial charge in [0.25, 0.3) is 0 Å². The lowest BCUT2D eigenvalue weighted by atomic mass is 10.1. The van der Waals surface area contributed by atoms with Crippen LogP contribution in [-0.2, 0) is 11.2 Å². The van der Waals surface area contributed by atoms with Crippen LogP contribution in [0.15, 0.2) is 24.3 Å². The molecule has 1 aromatic carbocycles. The largest absolute Gasteiger partial charge is 0.492 e. The standard InChI is InChI=1S/C14H21N3O2/c1-17-8-4-6-12(17)10-19-13-7-3-2-5-11(13)9-14(18)16-15/h2-3,5,7,12H,4,6,8-10,15H2,1H3,(H,16,18)/t12-/m1/s1. The van der Waals surface area contributed by atoms with Crippen molar-refractivity contribution in [2.75, 3.05) is 20.2 Å². The quantitative estimate of drug-likeness (QED) is 0.466. The number of carbonyl (C=O) groups is 1. The van der Waals surface area contributed by atoms with E-state index in [2.05, 4.69) is 17.4 Å². The molecule has 1 amide bonds. The van der Waals surface area contributed by atoms with Gasteiger partial charge in [-0.05, 0) is 32.5 Å². The van der Waals surface area contributed by atoms with Crippen LogP contribution in [0, 0.1) is 0 Å². The molecule has 1 atom stereocenters. The van der Waals surface area contributed by atoms with Gasteiger partial charge in [-0.1, -0.05) is 18.2 Å². The monoisotopic (exact) mass is 263 g/mol. The summed E-state index contributed by atoms with van der Waals surface area (Å²) in [4.78, 5) is 13.7. The van der Waals surface area contributed by atoms with E-state index in [1.807, 2.05) is 24.3 Å². The minimum Gasteiger partial charge on any atom is -0.492 e. The van der Waals surface area contributed by atoms with E-state index in [1.165, 1.54) is 12.8 Å². The number of carbonyl (C=O) groups excluding carboxylic acids is 1. The fraction of sp³-hybridized carbons (Fsp3) is 0.500. The van der Waals surface area contributed by atoms with Gasteiger partial charge >= 0.3 is 0 Å². The lowest BCUT2D eigenvalue weighted by molar-refractivity contribution is -0.120. The van der Waals surface area contributed by atoms with Gasteiger partial charge in [0.15, 0.2) is 0 Å². The molecule has 0 bridgehead atoms. The molecule has 1 aliphatic heterocycles. The fourth-order valence-electron chi connectivity index (χ4n) is 2.39. The lowest BCUT2D eigenvalue weighted by Crippen LogP contribution is -2.32. The number of nitrogens with two attached hydrogens (primary N) is 1. The number of hydrogen-bond acceptors (Lipinski definition) is 4. The van der Waals surface area contributed by atoms with E-state index in [0.717, 1.165) is 17.9 Å². The predicted molar refractivity (Wildman–Crippen MR) is 73.6 cm³/mol. The number of nitrogens with zero attached hydrogens (tertiary/aromatic N) is 1. The van der Waals surface area contributed by atoms with Crippen molar-refractivity contribution in [1.29, 1.82) is 0 Å². The summed E-state index contributed by atoms with van der Waals surface area (Å²) in [5.74, 6) is 5.67. The molecule has 19 heavy (non-hydrogen) atoms. The zero-order chi connectivity index (χ0) is 13.7. The van der Waals surface area contributed by atoms with Crippen molar-refractivity contribution in [3.63, 3.8) is 0 Å². The highest BCUT2D eigenvalue weighted by Crippen LogP contribution is 2.21. The first kappa shape index (κ1) is 13.8. The maximum absolute atomic E-state index is 11.3. The Morgan fingerprint density at radius 3 is 3.00 bits per heavy atom. The summed E-state index contributed by atoms with van der Waals surface area (Å²) in [6.45, 7) is 1.79. The summed E-state index contributed by atoms with van der Waals surface area (Å²) >= 11 is 0. The Kier molecular flexibility index (Phi) is 4.76. The number of benzene rings is 1. The number of amides is 1. The second-order valence-electron chi connectivity index (χ2n) is 4.94. The summed E-state index contributed by atoms with van der Waals surface area (Å²) in [6.07, 6.45) is 2.64. The third-order valence-electron chi connectivity index (χ3n) is 3.59. The first-order chi connectivity index (χ1) is 9.20. The van der Waals surface area contributed by atoms with E-state index in [-0.39, 0.29) is 12.3 Å². The molecular formula is C14H21N3O2. The highest BCUT2D eigenvalue weighted by atomic mass is 16.5. The van der Waals surface area contributed by atoms with E-state index in [1.54, 1.807) is 0 Å². The summed E-state index contributed by atoms with van der Waals surface area (Å²) in [6, 6.07) is 8.07. The first-order valence-corrected chi connectivity index (χ1v) is 6.61. The van der Waals surface area contributed by atoms with E-state index in [0.29, 0.717) is 12.6 Å². The normalized spacial score (nSPS) is 19.4. The van der Waals surface area contributed by atoms with Crippen molar-refractivity contribution in [3.05, 3.63) is 29.8 Å². The highest BCUT2D eigenvalue weighted by Gasteiger charge is 2.21. The maximum Gasteiger partial charge on any atom is 0.238 e. The Morgan fingerprint density at radius 2 is 2.32 bits per heavy atom. The average molecular weight is 263 g/mol. The molecule has 0 aliphatic carbocycles. The Labute approximate surface area is 113 Å². The molecule has 5 nitrogen and oxygen atoms in total. The molecule has 1 saturated heterocycles. The van der Waals surface area contributed by atoms with Crippen LogP contribution in [0.5, 0.6) is 5.75 Å². The zero-order valence-electron chi connectivity index (χ0n) is 11.3. The van der Waals surface area contributed by atoms with E-state index < -0.39 is 0 Å². The Balaban J connectivity index is 1.97. The zero-order valence-corrected chi connectivity index (χ0v) is 11.3. The van der Waals surface area contributed by atoms with Crippen molar-refractivity contribution in [3.8, 4) is 5.75 Å². The highest BCUT2D eigenvalue weighted by molar-refractivity contribution is 5.78. The van der Waals surface area contributed by atoms with Crippen LogP contribution < -0.4 is 16.0 Å². The summed E-state index contributed by atoms with van der Waals surface area (Å²) in [5.41, 5.74) is 3.01. The Morgan fingerprint density at radius 1 is 1.53 bits per heavy atom. The molecule has 0 aromatic heterocycles. The Hall–Kier alpha value is -1.59. The number of hydrogen-bond donors (Lipinski definition) is 2. The average Bonchev–Trinajstić information content (AvgIpc) is 2.83. The third kappa shape index (κ3) is 3.68. The molecule has 1 fully saturated rings. The van der Waals surface area contributed by atoms with Crippen molar-refractivity contribution in [2.24, 2.45) is 5.84 Å².